The number of thioether (sulfide) groups is 1. The summed E-state index contributed by atoms with van der Waals surface area (Å²) < 4.78 is 25.8. The maximum absolute atomic E-state index is 13.0. The smallest absolute Gasteiger partial charge is 0.230 e. The van der Waals surface area contributed by atoms with Gasteiger partial charge in [-0.05, 0) is 24.6 Å². The number of hydrogen-bond donors (Lipinski definition) is 2. The van der Waals surface area contributed by atoms with Crippen molar-refractivity contribution in [2.75, 3.05) is 5.75 Å². The molecule has 1 fully saturated rings. The van der Waals surface area contributed by atoms with Crippen LogP contribution in [0.15, 0.2) is 23.1 Å². The van der Waals surface area contributed by atoms with Crippen LogP contribution in [0, 0.1) is 17.0 Å². The zero-order valence-electron chi connectivity index (χ0n) is 11.3. The Hall–Kier alpha value is -1.14. The second kappa shape index (κ2) is 5.69. The zero-order valence-corrected chi connectivity index (χ0v) is 12.1. The molecular weight excluding hydrogens is 284 g/mol. The molecule has 1 aliphatic rings. The van der Waals surface area contributed by atoms with Gasteiger partial charge in [0.1, 0.15) is 0 Å². The van der Waals surface area contributed by atoms with Gasteiger partial charge in [0.25, 0.3) is 0 Å². The standard InChI is InChI=1S/C14H17F2NO2S/c1-14(2)11(6-12(14)18)17-13(19)7-20-8-3-4-9(15)10(16)5-8/h3-5,11-12,18H,6-7H2,1-2H3,(H,17,19). The van der Waals surface area contributed by atoms with Gasteiger partial charge in [0.2, 0.25) is 5.91 Å². The van der Waals surface area contributed by atoms with Crippen molar-refractivity contribution in [1.29, 1.82) is 0 Å². The second-order valence-corrected chi connectivity index (χ2v) is 6.61. The predicted molar refractivity (Wildman–Crippen MR) is 73.4 cm³/mol. The van der Waals surface area contributed by atoms with E-state index in [1.165, 1.54) is 6.07 Å². The Labute approximate surface area is 120 Å². The first kappa shape index (κ1) is 15.3. The van der Waals surface area contributed by atoms with E-state index in [1.54, 1.807) is 0 Å². The van der Waals surface area contributed by atoms with Gasteiger partial charge in [-0.3, -0.25) is 4.79 Å². The van der Waals surface area contributed by atoms with Crippen LogP contribution in [-0.2, 0) is 4.79 Å². The number of benzene rings is 1. The third-order valence-corrected chi connectivity index (χ3v) is 4.81. The molecule has 6 heteroatoms. The Morgan fingerprint density at radius 3 is 2.70 bits per heavy atom. The van der Waals surface area contributed by atoms with E-state index >= 15 is 0 Å². The zero-order chi connectivity index (χ0) is 14.9. The van der Waals surface area contributed by atoms with Crippen molar-refractivity contribution in [3.05, 3.63) is 29.8 Å². The van der Waals surface area contributed by atoms with Crippen molar-refractivity contribution in [1.82, 2.24) is 5.32 Å². The van der Waals surface area contributed by atoms with Crippen molar-refractivity contribution < 1.29 is 18.7 Å². The highest BCUT2D eigenvalue weighted by Crippen LogP contribution is 2.40. The number of halogens is 2. The lowest BCUT2D eigenvalue weighted by Crippen LogP contribution is -2.61. The minimum atomic E-state index is -0.918. The van der Waals surface area contributed by atoms with Crippen LogP contribution in [0.3, 0.4) is 0 Å². The third kappa shape index (κ3) is 3.12. The van der Waals surface area contributed by atoms with Crippen LogP contribution >= 0.6 is 11.8 Å². The fraction of sp³-hybridized carbons (Fsp3) is 0.500. The minimum Gasteiger partial charge on any atom is -0.392 e. The van der Waals surface area contributed by atoms with E-state index in [0.717, 1.165) is 23.9 Å². The fourth-order valence-electron chi connectivity index (χ4n) is 2.10. The Kier molecular flexibility index (Phi) is 4.34. The van der Waals surface area contributed by atoms with Gasteiger partial charge in [-0.15, -0.1) is 11.8 Å². The summed E-state index contributed by atoms with van der Waals surface area (Å²) in [6.45, 7) is 3.79. The molecule has 20 heavy (non-hydrogen) atoms. The van der Waals surface area contributed by atoms with Crippen LogP contribution in [-0.4, -0.2) is 28.9 Å². The molecular formula is C14H17F2NO2S. The molecule has 0 aromatic heterocycles. The topological polar surface area (TPSA) is 49.3 Å². The molecule has 1 aliphatic carbocycles. The molecule has 0 saturated heterocycles. The molecule has 1 saturated carbocycles. The average Bonchev–Trinajstić information content (AvgIpc) is 2.40. The molecule has 110 valence electrons. The van der Waals surface area contributed by atoms with Crippen molar-refractivity contribution in [2.45, 2.75) is 37.3 Å². The summed E-state index contributed by atoms with van der Waals surface area (Å²) in [6, 6.07) is 3.51. The van der Waals surface area contributed by atoms with Crippen molar-refractivity contribution in [2.24, 2.45) is 5.41 Å². The largest absolute Gasteiger partial charge is 0.392 e. The number of carbonyl (C=O) groups excluding carboxylic acids is 1. The molecule has 2 atom stereocenters. The van der Waals surface area contributed by atoms with Crippen LogP contribution in [0.1, 0.15) is 20.3 Å². The van der Waals surface area contributed by atoms with E-state index in [4.69, 9.17) is 0 Å². The highest BCUT2D eigenvalue weighted by molar-refractivity contribution is 8.00. The lowest BCUT2D eigenvalue weighted by atomic mass is 9.64. The summed E-state index contributed by atoms with van der Waals surface area (Å²) in [7, 11) is 0. The molecule has 0 bridgehead atoms. The van der Waals surface area contributed by atoms with E-state index in [1.807, 2.05) is 13.8 Å². The molecule has 2 rings (SSSR count). The summed E-state index contributed by atoms with van der Waals surface area (Å²) >= 11 is 1.15. The quantitative estimate of drug-likeness (QED) is 0.839. The Morgan fingerprint density at radius 1 is 1.45 bits per heavy atom. The van der Waals surface area contributed by atoms with Crippen LogP contribution in [0.4, 0.5) is 8.78 Å². The second-order valence-electron chi connectivity index (χ2n) is 5.56. The average molecular weight is 301 g/mol. The van der Waals surface area contributed by atoms with Crippen LogP contribution in [0.2, 0.25) is 0 Å². The number of rotatable bonds is 4. The summed E-state index contributed by atoms with van der Waals surface area (Å²) in [5.74, 6) is -1.86. The highest BCUT2D eigenvalue weighted by Gasteiger charge is 2.47. The molecule has 3 nitrogen and oxygen atoms in total. The van der Waals surface area contributed by atoms with Gasteiger partial charge >= 0.3 is 0 Å². The van der Waals surface area contributed by atoms with E-state index in [2.05, 4.69) is 5.32 Å². The molecule has 0 heterocycles. The van der Waals surface area contributed by atoms with Crippen LogP contribution in [0.25, 0.3) is 0 Å². The number of aliphatic hydroxyl groups excluding tert-OH is 1. The van der Waals surface area contributed by atoms with E-state index < -0.39 is 17.7 Å². The molecule has 2 N–H and O–H groups in total. The normalized spacial score (nSPS) is 24.1. The molecule has 1 aromatic rings. The van der Waals surface area contributed by atoms with E-state index in [9.17, 15) is 18.7 Å². The predicted octanol–water partition coefficient (Wildman–Crippen LogP) is 2.33. The maximum Gasteiger partial charge on any atom is 0.230 e. The Morgan fingerprint density at radius 2 is 2.15 bits per heavy atom. The molecule has 2 unspecified atom stereocenters. The van der Waals surface area contributed by atoms with Crippen molar-refractivity contribution in [3.63, 3.8) is 0 Å². The van der Waals surface area contributed by atoms with E-state index in [-0.39, 0.29) is 23.1 Å². The lowest BCUT2D eigenvalue weighted by Gasteiger charge is -2.49. The molecule has 1 amide bonds. The molecule has 0 aliphatic heterocycles. The number of nitrogens with one attached hydrogen (secondary N) is 1. The maximum atomic E-state index is 13.0. The summed E-state index contributed by atoms with van der Waals surface area (Å²) in [5, 5.41) is 12.4. The van der Waals surface area contributed by atoms with Gasteiger partial charge in [-0.25, -0.2) is 8.78 Å². The number of aliphatic hydroxyl groups is 1. The number of carbonyl (C=O) groups is 1. The van der Waals surface area contributed by atoms with E-state index in [0.29, 0.717) is 11.3 Å². The summed E-state index contributed by atoms with van der Waals surface area (Å²) in [5.41, 5.74) is -0.317. The first-order chi connectivity index (χ1) is 9.30. The van der Waals surface area contributed by atoms with Crippen molar-refractivity contribution >= 4 is 17.7 Å². The fourth-order valence-corrected chi connectivity index (χ4v) is 2.83. The Bertz CT molecular complexity index is 522. The van der Waals surface area contributed by atoms with Gasteiger partial charge in [-0.1, -0.05) is 13.8 Å². The van der Waals surface area contributed by atoms with Gasteiger partial charge in [-0.2, -0.15) is 0 Å². The van der Waals surface area contributed by atoms with Crippen LogP contribution in [0.5, 0.6) is 0 Å². The molecule has 1 aromatic carbocycles. The van der Waals surface area contributed by atoms with Gasteiger partial charge in [0, 0.05) is 16.4 Å². The molecule has 0 spiro atoms. The third-order valence-electron chi connectivity index (χ3n) is 3.81. The van der Waals surface area contributed by atoms with Crippen molar-refractivity contribution in [3.8, 4) is 0 Å². The minimum absolute atomic E-state index is 0.0458. The van der Waals surface area contributed by atoms with Crippen LogP contribution < -0.4 is 5.32 Å². The summed E-state index contributed by atoms with van der Waals surface area (Å²) in [4.78, 5) is 12.3. The highest BCUT2D eigenvalue weighted by atomic mass is 32.2. The molecule has 0 radical (unpaired) electrons. The van der Waals surface area contributed by atoms with Gasteiger partial charge in [0.15, 0.2) is 11.6 Å². The lowest BCUT2D eigenvalue weighted by molar-refractivity contribution is -0.126. The first-order valence-corrected chi connectivity index (χ1v) is 7.34. The van der Waals surface area contributed by atoms with Gasteiger partial charge < -0.3 is 10.4 Å². The number of amides is 1. The summed E-state index contributed by atoms with van der Waals surface area (Å²) in [6.07, 6.45) is 0.154. The SMILES string of the molecule is CC1(C)C(O)CC1NC(=O)CSc1ccc(F)c(F)c1. The monoisotopic (exact) mass is 301 g/mol. The van der Waals surface area contributed by atoms with Gasteiger partial charge in [0.05, 0.1) is 11.9 Å². The Balaban J connectivity index is 1.82. The number of hydrogen-bond acceptors (Lipinski definition) is 3. The first-order valence-electron chi connectivity index (χ1n) is 6.36.